The molecule has 1 aromatic rings. The average Bonchev–Trinajstić information content (AvgIpc) is 2.44. The van der Waals surface area contributed by atoms with Crippen LogP contribution >= 0.6 is 0 Å². The molecule has 4 heteroatoms. The number of nitrogens with one attached hydrogen (secondary N) is 1. The van der Waals surface area contributed by atoms with E-state index in [1.54, 1.807) is 12.1 Å². The van der Waals surface area contributed by atoms with Crippen LogP contribution in [-0.4, -0.2) is 19.3 Å². The van der Waals surface area contributed by atoms with Crippen molar-refractivity contribution in [3.05, 3.63) is 35.4 Å². The van der Waals surface area contributed by atoms with Crippen LogP contribution in [0, 0.1) is 11.6 Å². The minimum atomic E-state index is -0.808. The molecule has 0 amide bonds. The normalized spacial score (nSPS) is 14.2. The third-order valence-corrected chi connectivity index (χ3v) is 3.26. The summed E-state index contributed by atoms with van der Waals surface area (Å²) in [6.07, 6.45) is 2.53. The van der Waals surface area contributed by atoms with Gasteiger partial charge in [0.25, 0.3) is 0 Å². The van der Waals surface area contributed by atoms with Crippen molar-refractivity contribution in [3.63, 3.8) is 0 Å². The molecule has 0 spiro atoms. The van der Waals surface area contributed by atoms with Gasteiger partial charge in [-0.2, -0.15) is 0 Å². The van der Waals surface area contributed by atoms with Gasteiger partial charge in [-0.1, -0.05) is 32.4 Å². The smallest absolute Gasteiger partial charge is 0.163 e. The van der Waals surface area contributed by atoms with Crippen molar-refractivity contribution in [2.45, 2.75) is 52.2 Å². The number of hydrogen-bond donors (Lipinski definition) is 1. The van der Waals surface area contributed by atoms with Crippen LogP contribution in [-0.2, 0) is 4.74 Å². The summed E-state index contributed by atoms with van der Waals surface area (Å²) in [5.41, 5.74) is 0.352. The van der Waals surface area contributed by atoms with Gasteiger partial charge in [0.05, 0.1) is 12.1 Å². The maximum Gasteiger partial charge on any atom is 0.163 e. The predicted molar refractivity (Wildman–Crippen MR) is 77.7 cm³/mol. The molecule has 0 aliphatic heterocycles. The Labute approximate surface area is 120 Å². The maximum atomic E-state index is 14.0. The monoisotopic (exact) mass is 285 g/mol. The van der Waals surface area contributed by atoms with Gasteiger partial charge in [0.1, 0.15) is 0 Å². The summed E-state index contributed by atoms with van der Waals surface area (Å²) in [4.78, 5) is 0. The first-order valence-corrected chi connectivity index (χ1v) is 7.44. The van der Waals surface area contributed by atoms with Crippen LogP contribution in [0.1, 0.15) is 51.6 Å². The average molecular weight is 285 g/mol. The van der Waals surface area contributed by atoms with Gasteiger partial charge in [-0.3, -0.25) is 0 Å². The van der Waals surface area contributed by atoms with Gasteiger partial charge < -0.3 is 10.1 Å². The molecule has 1 N–H and O–H groups in total. The van der Waals surface area contributed by atoms with Gasteiger partial charge in [-0.05, 0) is 32.4 Å². The Morgan fingerprint density at radius 2 is 1.90 bits per heavy atom. The summed E-state index contributed by atoms with van der Waals surface area (Å²) < 4.78 is 33.2. The summed E-state index contributed by atoms with van der Waals surface area (Å²) in [7, 11) is 0. The van der Waals surface area contributed by atoms with Crippen molar-refractivity contribution in [1.82, 2.24) is 5.32 Å². The first-order valence-electron chi connectivity index (χ1n) is 7.44. The fourth-order valence-electron chi connectivity index (χ4n) is 2.35. The van der Waals surface area contributed by atoms with E-state index in [1.807, 2.05) is 13.8 Å². The Morgan fingerprint density at radius 3 is 2.50 bits per heavy atom. The Hall–Kier alpha value is -1.00. The van der Waals surface area contributed by atoms with Gasteiger partial charge in [-0.15, -0.1) is 0 Å². The highest BCUT2D eigenvalue weighted by atomic mass is 19.2. The topological polar surface area (TPSA) is 21.3 Å². The SMILES string of the molecule is CCCNC(c1cccc(F)c1F)C(CCC)OCC. The molecule has 20 heavy (non-hydrogen) atoms. The number of hydrogen-bond acceptors (Lipinski definition) is 2. The van der Waals surface area contributed by atoms with Crippen LogP contribution in [0.15, 0.2) is 18.2 Å². The fraction of sp³-hybridized carbons (Fsp3) is 0.625. The van der Waals surface area contributed by atoms with Gasteiger partial charge in [0.15, 0.2) is 11.6 Å². The zero-order valence-electron chi connectivity index (χ0n) is 12.6. The molecule has 2 nitrogen and oxygen atoms in total. The molecule has 0 fully saturated rings. The van der Waals surface area contributed by atoms with Crippen LogP contribution in [0.3, 0.4) is 0 Å². The Kier molecular flexibility index (Phi) is 7.70. The highest BCUT2D eigenvalue weighted by Gasteiger charge is 2.26. The summed E-state index contributed by atoms with van der Waals surface area (Å²) in [6, 6.07) is 4.01. The summed E-state index contributed by atoms with van der Waals surface area (Å²) in [5.74, 6) is -1.58. The highest BCUT2D eigenvalue weighted by molar-refractivity contribution is 5.23. The molecule has 1 rings (SSSR count). The van der Waals surface area contributed by atoms with Crippen LogP contribution < -0.4 is 5.32 Å². The summed E-state index contributed by atoms with van der Waals surface area (Å²) >= 11 is 0. The molecule has 114 valence electrons. The molecule has 0 heterocycles. The van der Waals surface area contributed by atoms with E-state index in [2.05, 4.69) is 12.2 Å². The van der Waals surface area contributed by atoms with Crippen LogP contribution in [0.5, 0.6) is 0 Å². The predicted octanol–water partition coefficient (Wildman–Crippen LogP) is 4.21. The van der Waals surface area contributed by atoms with E-state index in [4.69, 9.17) is 4.74 Å². The van der Waals surface area contributed by atoms with Crippen LogP contribution in [0.4, 0.5) is 8.78 Å². The van der Waals surface area contributed by atoms with E-state index in [9.17, 15) is 8.78 Å². The molecular formula is C16H25F2NO. The third-order valence-electron chi connectivity index (χ3n) is 3.26. The molecule has 0 radical (unpaired) electrons. The molecule has 2 unspecified atom stereocenters. The standard InChI is InChI=1S/C16H25F2NO/c1-4-8-14(20-6-3)16(19-11-5-2)12-9-7-10-13(17)15(12)18/h7,9-10,14,16,19H,4-6,8,11H2,1-3H3. The summed E-state index contributed by atoms with van der Waals surface area (Å²) in [5, 5.41) is 3.29. The van der Waals surface area contributed by atoms with E-state index in [0.717, 1.165) is 31.9 Å². The lowest BCUT2D eigenvalue weighted by molar-refractivity contribution is 0.0266. The van der Waals surface area contributed by atoms with Crippen molar-refractivity contribution in [1.29, 1.82) is 0 Å². The molecule has 0 bridgehead atoms. The Balaban J connectivity index is 3.05. The second-order valence-electron chi connectivity index (χ2n) is 4.86. The van der Waals surface area contributed by atoms with Crippen molar-refractivity contribution in [3.8, 4) is 0 Å². The number of rotatable bonds is 9. The molecule has 0 aliphatic carbocycles. The van der Waals surface area contributed by atoms with Crippen molar-refractivity contribution in [2.24, 2.45) is 0 Å². The molecule has 0 aliphatic rings. The molecule has 0 saturated carbocycles. The molecular weight excluding hydrogens is 260 g/mol. The lowest BCUT2D eigenvalue weighted by atomic mass is 9.97. The van der Waals surface area contributed by atoms with Gasteiger partial charge in [-0.25, -0.2) is 8.78 Å². The van der Waals surface area contributed by atoms with E-state index >= 15 is 0 Å². The van der Waals surface area contributed by atoms with Gasteiger partial charge in [0.2, 0.25) is 0 Å². The minimum absolute atomic E-state index is 0.146. The lowest BCUT2D eigenvalue weighted by Crippen LogP contribution is -2.35. The first kappa shape index (κ1) is 17.1. The molecule has 0 aromatic heterocycles. The second kappa shape index (κ2) is 9.03. The molecule has 1 aromatic carbocycles. The van der Waals surface area contributed by atoms with E-state index in [-0.39, 0.29) is 12.1 Å². The lowest BCUT2D eigenvalue weighted by Gasteiger charge is -2.28. The number of ether oxygens (including phenoxy) is 1. The van der Waals surface area contributed by atoms with Gasteiger partial charge >= 0.3 is 0 Å². The fourth-order valence-corrected chi connectivity index (χ4v) is 2.35. The largest absolute Gasteiger partial charge is 0.377 e. The number of benzene rings is 1. The highest BCUT2D eigenvalue weighted by Crippen LogP contribution is 2.26. The van der Waals surface area contributed by atoms with Crippen molar-refractivity contribution in [2.75, 3.05) is 13.2 Å². The van der Waals surface area contributed by atoms with E-state index in [0.29, 0.717) is 12.2 Å². The Bertz CT molecular complexity index is 392. The third kappa shape index (κ3) is 4.53. The zero-order valence-corrected chi connectivity index (χ0v) is 12.6. The van der Waals surface area contributed by atoms with Crippen LogP contribution in [0.2, 0.25) is 0 Å². The van der Waals surface area contributed by atoms with Gasteiger partial charge in [0, 0.05) is 12.2 Å². The second-order valence-corrected chi connectivity index (χ2v) is 4.86. The quantitative estimate of drug-likeness (QED) is 0.734. The zero-order chi connectivity index (χ0) is 15.0. The van der Waals surface area contributed by atoms with Crippen LogP contribution in [0.25, 0.3) is 0 Å². The summed E-state index contributed by atoms with van der Waals surface area (Å²) in [6.45, 7) is 7.33. The number of halogens is 2. The maximum absolute atomic E-state index is 14.0. The molecule has 2 atom stereocenters. The van der Waals surface area contributed by atoms with Crippen molar-refractivity contribution < 1.29 is 13.5 Å². The minimum Gasteiger partial charge on any atom is -0.377 e. The Morgan fingerprint density at radius 1 is 1.15 bits per heavy atom. The molecule has 0 saturated heterocycles. The van der Waals surface area contributed by atoms with E-state index in [1.165, 1.54) is 0 Å². The van der Waals surface area contributed by atoms with E-state index < -0.39 is 11.6 Å². The van der Waals surface area contributed by atoms with Crippen molar-refractivity contribution >= 4 is 0 Å². The first-order chi connectivity index (χ1) is 9.65.